The molecule has 0 bridgehead atoms. The van der Waals surface area contributed by atoms with Crippen LogP contribution in [0.1, 0.15) is 36.7 Å². The summed E-state index contributed by atoms with van der Waals surface area (Å²) in [6, 6.07) is 3.61. The highest BCUT2D eigenvalue weighted by Crippen LogP contribution is 2.08. The molecular weight excluding hydrogens is 226 g/mol. The third-order valence-electron chi connectivity index (χ3n) is 2.41. The summed E-state index contributed by atoms with van der Waals surface area (Å²) in [5.74, 6) is 2.47. The van der Waals surface area contributed by atoms with Gasteiger partial charge in [-0.1, -0.05) is 0 Å². The molecule has 0 unspecified atom stereocenters. The molecule has 4 nitrogen and oxygen atoms in total. The minimum absolute atomic E-state index is 0.145. The Morgan fingerprint density at radius 3 is 3.06 bits per heavy atom. The monoisotopic (exact) mass is 245 g/mol. The van der Waals surface area contributed by atoms with Gasteiger partial charge in [-0.05, 0) is 31.9 Å². The summed E-state index contributed by atoms with van der Waals surface area (Å²) < 4.78 is 0. The zero-order valence-corrected chi connectivity index (χ0v) is 10.7. The molecule has 0 saturated heterocycles. The predicted molar refractivity (Wildman–Crippen MR) is 73.4 cm³/mol. The predicted octanol–water partition coefficient (Wildman–Crippen LogP) is 2.05. The fraction of sp³-hybridized carbons (Fsp3) is 0.429. The van der Waals surface area contributed by atoms with Gasteiger partial charge >= 0.3 is 0 Å². The van der Waals surface area contributed by atoms with E-state index in [9.17, 15) is 4.79 Å². The van der Waals surface area contributed by atoms with Gasteiger partial charge in [0.15, 0.2) is 0 Å². The van der Waals surface area contributed by atoms with E-state index >= 15 is 0 Å². The number of terminal acetylenes is 1. The molecule has 1 rings (SSSR count). The molecule has 2 N–H and O–H groups in total. The van der Waals surface area contributed by atoms with Crippen LogP contribution in [0.2, 0.25) is 0 Å². The maximum Gasteiger partial charge on any atom is 0.269 e. The lowest BCUT2D eigenvalue weighted by atomic mass is 10.2. The van der Waals surface area contributed by atoms with Gasteiger partial charge in [0, 0.05) is 31.4 Å². The van der Waals surface area contributed by atoms with Crippen molar-refractivity contribution in [3.8, 4) is 12.3 Å². The molecule has 96 valence electrons. The summed E-state index contributed by atoms with van der Waals surface area (Å²) in [6.07, 6.45) is 9.65. The van der Waals surface area contributed by atoms with E-state index in [2.05, 4.69) is 21.5 Å². The number of nitrogens with one attached hydrogen (secondary N) is 2. The average Bonchev–Trinajstić information content (AvgIpc) is 2.39. The first-order valence-corrected chi connectivity index (χ1v) is 6.19. The van der Waals surface area contributed by atoms with Gasteiger partial charge in [0.2, 0.25) is 0 Å². The fourth-order valence-corrected chi connectivity index (χ4v) is 1.50. The lowest BCUT2D eigenvalue weighted by molar-refractivity contribution is 0.0951. The maximum absolute atomic E-state index is 11.6. The van der Waals surface area contributed by atoms with Crippen molar-refractivity contribution >= 4 is 11.6 Å². The number of anilines is 1. The third-order valence-corrected chi connectivity index (χ3v) is 2.41. The van der Waals surface area contributed by atoms with E-state index < -0.39 is 0 Å². The van der Waals surface area contributed by atoms with Crippen LogP contribution < -0.4 is 10.6 Å². The van der Waals surface area contributed by atoms with Gasteiger partial charge in [0.1, 0.15) is 5.69 Å². The molecule has 0 aliphatic carbocycles. The van der Waals surface area contributed by atoms with Crippen LogP contribution in [0.3, 0.4) is 0 Å². The molecular formula is C14H19N3O. The number of hydrogen-bond acceptors (Lipinski definition) is 3. The topological polar surface area (TPSA) is 54.0 Å². The quantitative estimate of drug-likeness (QED) is 0.571. The van der Waals surface area contributed by atoms with E-state index in [-0.39, 0.29) is 5.91 Å². The van der Waals surface area contributed by atoms with Crippen LogP contribution >= 0.6 is 0 Å². The maximum atomic E-state index is 11.6. The average molecular weight is 245 g/mol. The highest BCUT2D eigenvalue weighted by Gasteiger charge is 2.05. The van der Waals surface area contributed by atoms with Crippen LogP contribution in [-0.4, -0.2) is 24.0 Å². The molecule has 0 fully saturated rings. The van der Waals surface area contributed by atoms with Crippen LogP contribution in [0.5, 0.6) is 0 Å². The lowest BCUT2D eigenvalue weighted by Crippen LogP contribution is -2.23. The molecule has 0 atom stereocenters. The Kier molecular flexibility index (Phi) is 6.34. The molecule has 1 amide bonds. The molecule has 0 aromatic carbocycles. The van der Waals surface area contributed by atoms with Gasteiger partial charge in [-0.2, -0.15) is 0 Å². The van der Waals surface area contributed by atoms with Gasteiger partial charge in [-0.3, -0.25) is 9.78 Å². The number of amides is 1. The van der Waals surface area contributed by atoms with Crippen LogP contribution in [0, 0.1) is 12.3 Å². The van der Waals surface area contributed by atoms with Gasteiger partial charge < -0.3 is 10.6 Å². The second kappa shape index (κ2) is 8.13. The first-order valence-electron chi connectivity index (χ1n) is 6.19. The van der Waals surface area contributed by atoms with Gasteiger partial charge in [-0.15, -0.1) is 12.3 Å². The van der Waals surface area contributed by atoms with Crippen molar-refractivity contribution < 1.29 is 4.79 Å². The van der Waals surface area contributed by atoms with Crippen molar-refractivity contribution in [2.75, 3.05) is 18.4 Å². The summed E-state index contributed by atoms with van der Waals surface area (Å²) in [6.45, 7) is 3.33. The Bertz CT molecular complexity index is 423. The Balaban J connectivity index is 2.45. The van der Waals surface area contributed by atoms with Crippen molar-refractivity contribution in [2.24, 2.45) is 0 Å². The standard InChI is InChI=1S/C14H19N3O/c1-3-5-6-7-9-16-12-8-10-17-13(11-12)14(18)15-4-2/h1,8,10-11H,4-7,9H2,2H3,(H,15,18)(H,16,17). The number of rotatable bonds is 7. The molecule has 1 aromatic heterocycles. The minimum atomic E-state index is -0.145. The zero-order chi connectivity index (χ0) is 13.2. The number of carbonyl (C=O) groups excluding carboxylic acids is 1. The Morgan fingerprint density at radius 1 is 1.50 bits per heavy atom. The van der Waals surface area contributed by atoms with Crippen LogP contribution in [-0.2, 0) is 0 Å². The normalized spacial score (nSPS) is 9.56. The number of unbranched alkanes of at least 4 members (excludes halogenated alkanes) is 2. The number of carbonyl (C=O) groups is 1. The zero-order valence-electron chi connectivity index (χ0n) is 10.7. The van der Waals surface area contributed by atoms with Crippen molar-refractivity contribution in [3.63, 3.8) is 0 Å². The van der Waals surface area contributed by atoms with E-state index in [1.807, 2.05) is 13.0 Å². The second-order valence-electron chi connectivity index (χ2n) is 3.88. The Morgan fingerprint density at radius 2 is 2.33 bits per heavy atom. The van der Waals surface area contributed by atoms with Crippen LogP contribution in [0.25, 0.3) is 0 Å². The summed E-state index contributed by atoms with van der Waals surface area (Å²) in [5.41, 5.74) is 1.34. The molecule has 0 aliphatic heterocycles. The molecule has 1 aromatic rings. The van der Waals surface area contributed by atoms with E-state index in [4.69, 9.17) is 6.42 Å². The number of hydrogen-bond donors (Lipinski definition) is 2. The molecule has 0 spiro atoms. The first kappa shape index (κ1) is 14.0. The Hall–Kier alpha value is -2.02. The highest BCUT2D eigenvalue weighted by atomic mass is 16.1. The van der Waals surface area contributed by atoms with Gasteiger partial charge in [0.25, 0.3) is 5.91 Å². The molecule has 4 heteroatoms. The largest absolute Gasteiger partial charge is 0.385 e. The molecule has 0 saturated carbocycles. The number of pyridine rings is 1. The van der Waals surface area contributed by atoms with Crippen LogP contribution in [0.4, 0.5) is 5.69 Å². The molecule has 0 radical (unpaired) electrons. The Labute approximate surface area is 108 Å². The first-order chi connectivity index (χ1) is 8.77. The summed E-state index contributed by atoms with van der Waals surface area (Å²) in [5, 5.41) is 5.97. The van der Waals surface area contributed by atoms with Crippen molar-refractivity contribution in [2.45, 2.75) is 26.2 Å². The molecule has 0 aliphatic rings. The van der Waals surface area contributed by atoms with E-state index in [0.717, 1.165) is 31.5 Å². The highest BCUT2D eigenvalue weighted by molar-refractivity contribution is 5.93. The SMILES string of the molecule is C#CCCCCNc1ccnc(C(=O)NCC)c1. The number of nitrogens with zero attached hydrogens (tertiary/aromatic N) is 1. The van der Waals surface area contributed by atoms with E-state index in [1.54, 1.807) is 12.3 Å². The van der Waals surface area contributed by atoms with E-state index in [0.29, 0.717) is 12.2 Å². The second-order valence-corrected chi connectivity index (χ2v) is 3.88. The summed E-state index contributed by atoms with van der Waals surface area (Å²) in [7, 11) is 0. The molecule has 18 heavy (non-hydrogen) atoms. The van der Waals surface area contributed by atoms with Crippen molar-refractivity contribution in [1.29, 1.82) is 0 Å². The molecule has 1 heterocycles. The van der Waals surface area contributed by atoms with Gasteiger partial charge in [0.05, 0.1) is 0 Å². The smallest absolute Gasteiger partial charge is 0.269 e. The third kappa shape index (κ3) is 4.88. The van der Waals surface area contributed by atoms with Gasteiger partial charge in [-0.25, -0.2) is 0 Å². The van der Waals surface area contributed by atoms with Crippen molar-refractivity contribution in [1.82, 2.24) is 10.3 Å². The fourth-order valence-electron chi connectivity index (χ4n) is 1.50. The summed E-state index contributed by atoms with van der Waals surface area (Å²) in [4.78, 5) is 15.6. The van der Waals surface area contributed by atoms with Crippen LogP contribution in [0.15, 0.2) is 18.3 Å². The minimum Gasteiger partial charge on any atom is -0.385 e. The lowest BCUT2D eigenvalue weighted by Gasteiger charge is -2.07. The van der Waals surface area contributed by atoms with Crippen molar-refractivity contribution in [3.05, 3.63) is 24.0 Å². The van der Waals surface area contributed by atoms with E-state index in [1.165, 1.54) is 0 Å². The number of aromatic nitrogens is 1. The summed E-state index contributed by atoms with van der Waals surface area (Å²) >= 11 is 0.